The monoisotopic (exact) mass is 330 g/mol. The van der Waals surface area contributed by atoms with Gasteiger partial charge in [0.25, 0.3) is 0 Å². The second kappa shape index (κ2) is 6.81. The molecule has 3 saturated carbocycles. The molecular weight excluding hydrogens is 288 g/mol. The molecule has 24 heavy (non-hydrogen) atoms. The highest BCUT2D eigenvalue weighted by Gasteiger charge is 2.51. The summed E-state index contributed by atoms with van der Waals surface area (Å²) < 4.78 is 0. The fourth-order valence-electron chi connectivity index (χ4n) is 7.48. The molecule has 0 amide bonds. The van der Waals surface area contributed by atoms with Gasteiger partial charge in [0.1, 0.15) is 0 Å². The molecule has 0 radical (unpaired) electrons. The first-order valence-corrected chi connectivity index (χ1v) is 11.0. The molecule has 0 heteroatoms. The number of fused-ring (bicyclic) bond motifs is 4. The van der Waals surface area contributed by atoms with Crippen LogP contribution in [-0.2, 0) is 0 Å². The van der Waals surface area contributed by atoms with Gasteiger partial charge in [-0.1, -0.05) is 74.0 Å². The van der Waals surface area contributed by atoms with E-state index < -0.39 is 0 Å². The Kier molecular flexibility index (Phi) is 5.25. The average Bonchev–Trinajstić information content (AvgIpc) is 3.04. The van der Waals surface area contributed by atoms with Crippen LogP contribution in [0.1, 0.15) is 68.2 Å². The summed E-state index contributed by atoms with van der Waals surface area (Å²) in [6, 6.07) is 0. The maximum atomic E-state index is 2.49. The van der Waals surface area contributed by atoms with Crippen LogP contribution >= 0.6 is 0 Å². The molecule has 3 fully saturated rings. The van der Waals surface area contributed by atoms with Gasteiger partial charge in [-0.05, 0) is 77.4 Å². The van der Waals surface area contributed by atoms with E-state index in [1.54, 1.807) is 6.42 Å². The first-order chi connectivity index (χ1) is 11.3. The molecular formula is C24H42. The zero-order chi connectivity index (χ0) is 17.8. The third-order valence-corrected chi connectivity index (χ3v) is 9.74. The zero-order valence-corrected chi connectivity index (χ0v) is 17.5. The second-order valence-corrected chi connectivity index (χ2v) is 10.2. The van der Waals surface area contributed by atoms with Crippen molar-refractivity contribution in [3.05, 3.63) is 12.2 Å². The number of hydrogen-bond donors (Lipinski definition) is 0. The molecule has 0 spiro atoms. The number of allylic oxidation sites excluding steroid dienone is 2. The summed E-state index contributed by atoms with van der Waals surface area (Å²) in [5, 5.41) is 0. The van der Waals surface area contributed by atoms with Gasteiger partial charge in [0, 0.05) is 0 Å². The number of rotatable bonds is 1. The van der Waals surface area contributed by atoms with E-state index in [0.717, 1.165) is 71.0 Å². The van der Waals surface area contributed by atoms with Crippen molar-refractivity contribution in [3.63, 3.8) is 0 Å². The lowest BCUT2D eigenvalue weighted by Gasteiger charge is -2.50. The van der Waals surface area contributed by atoms with E-state index in [4.69, 9.17) is 0 Å². The summed E-state index contributed by atoms with van der Waals surface area (Å²) in [6.07, 6.45) is 7.90. The largest absolute Gasteiger partial charge is 0.0846 e. The molecule has 10 atom stereocenters. The molecule has 0 saturated heterocycles. The predicted molar refractivity (Wildman–Crippen MR) is 106 cm³/mol. The molecule has 4 bridgehead atoms. The molecule has 0 aromatic rings. The summed E-state index contributed by atoms with van der Waals surface area (Å²) in [7, 11) is 0. The summed E-state index contributed by atoms with van der Waals surface area (Å²) >= 11 is 0. The normalized spacial score (nSPS) is 57.8. The molecule has 0 aromatic heterocycles. The lowest BCUT2D eigenvalue weighted by Crippen LogP contribution is -2.44. The molecule has 0 heterocycles. The first kappa shape index (κ1) is 18.5. The Morgan fingerprint density at radius 2 is 1.00 bits per heavy atom. The molecule has 5 aliphatic carbocycles. The van der Waals surface area contributed by atoms with E-state index in [-0.39, 0.29) is 0 Å². The van der Waals surface area contributed by atoms with E-state index in [1.165, 1.54) is 6.42 Å². The third-order valence-electron chi connectivity index (χ3n) is 9.74. The maximum Gasteiger partial charge on any atom is -0.0176 e. The van der Waals surface area contributed by atoms with Crippen molar-refractivity contribution in [3.8, 4) is 0 Å². The molecule has 0 N–H and O–H groups in total. The van der Waals surface area contributed by atoms with Gasteiger partial charge in [-0.25, -0.2) is 0 Å². The minimum atomic E-state index is 0.861. The van der Waals surface area contributed by atoms with Gasteiger partial charge < -0.3 is 0 Å². The smallest absolute Gasteiger partial charge is 0.0176 e. The van der Waals surface area contributed by atoms with Crippen LogP contribution in [0.3, 0.4) is 0 Å². The van der Waals surface area contributed by atoms with Gasteiger partial charge in [0.15, 0.2) is 0 Å². The molecule has 5 rings (SSSR count). The Labute approximate surface area is 151 Å². The van der Waals surface area contributed by atoms with Crippen LogP contribution in [0.15, 0.2) is 12.2 Å². The van der Waals surface area contributed by atoms with E-state index in [2.05, 4.69) is 67.5 Å². The standard InChI is InChI=1S/C12H20.C12H22/c1-7-8(2)12-6-5-11(7)9(3)10(12)4;1-5-10-9(4)11-6-12(10)8(3)7(11)2/h5-12H,1-4H3;7-12H,5-6H2,1-4H3. The molecule has 0 aliphatic heterocycles. The Hall–Kier alpha value is -0.260. The highest BCUT2D eigenvalue weighted by atomic mass is 14.6. The first-order valence-electron chi connectivity index (χ1n) is 11.0. The fourth-order valence-corrected chi connectivity index (χ4v) is 7.48. The van der Waals surface area contributed by atoms with Gasteiger partial charge in [-0.15, -0.1) is 0 Å². The van der Waals surface area contributed by atoms with Crippen molar-refractivity contribution in [2.24, 2.45) is 71.0 Å². The lowest BCUT2D eigenvalue weighted by molar-refractivity contribution is 0.0429. The average molecular weight is 331 g/mol. The van der Waals surface area contributed by atoms with Gasteiger partial charge >= 0.3 is 0 Å². The van der Waals surface area contributed by atoms with Gasteiger partial charge in [0.05, 0.1) is 0 Å². The predicted octanol–water partition coefficient (Wildman–Crippen LogP) is 6.92. The van der Waals surface area contributed by atoms with E-state index in [9.17, 15) is 0 Å². The molecule has 0 nitrogen and oxygen atoms in total. The van der Waals surface area contributed by atoms with Crippen LogP contribution in [0.5, 0.6) is 0 Å². The topological polar surface area (TPSA) is 0 Å². The van der Waals surface area contributed by atoms with Crippen molar-refractivity contribution >= 4 is 0 Å². The van der Waals surface area contributed by atoms with E-state index >= 15 is 0 Å². The van der Waals surface area contributed by atoms with E-state index in [0.29, 0.717) is 0 Å². The van der Waals surface area contributed by atoms with Crippen molar-refractivity contribution in [1.82, 2.24) is 0 Å². The Balaban J connectivity index is 0.000000141. The van der Waals surface area contributed by atoms with Gasteiger partial charge in [-0.3, -0.25) is 0 Å². The second-order valence-electron chi connectivity index (χ2n) is 10.2. The lowest BCUT2D eigenvalue weighted by atomic mass is 9.55. The van der Waals surface area contributed by atoms with Gasteiger partial charge in [-0.2, -0.15) is 0 Å². The van der Waals surface area contributed by atoms with Crippen LogP contribution in [0.4, 0.5) is 0 Å². The SMILES string of the molecule is CC1C(C)C2C=CC1C(C)C2C.CCC1C(C)C2CC1C(C)C2C. The summed E-state index contributed by atoms with van der Waals surface area (Å²) in [4.78, 5) is 0. The van der Waals surface area contributed by atoms with Crippen LogP contribution < -0.4 is 0 Å². The van der Waals surface area contributed by atoms with Crippen LogP contribution in [0, 0.1) is 71.0 Å². The Morgan fingerprint density at radius 3 is 1.38 bits per heavy atom. The van der Waals surface area contributed by atoms with Crippen molar-refractivity contribution < 1.29 is 0 Å². The minimum Gasteiger partial charge on any atom is -0.0846 e. The maximum absolute atomic E-state index is 2.49. The summed E-state index contributed by atoms with van der Waals surface area (Å²) in [5.41, 5.74) is 0. The third kappa shape index (κ3) is 2.71. The Bertz CT molecular complexity index is 423. The number of hydrogen-bond acceptors (Lipinski definition) is 0. The highest BCUT2D eigenvalue weighted by molar-refractivity contribution is 5.12. The Morgan fingerprint density at radius 1 is 0.583 bits per heavy atom. The van der Waals surface area contributed by atoms with Crippen LogP contribution in [-0.4, -0.2) is 0 Å². The molecule has 10 unspecified atom stereocenters. The van der Waals surface area contributed by atoms with Crippen molar-refractivity contribution in [2.45, 2.75) is 68.2 Å². The quantitative estimate of drug-likeness (QED) is 0.458. The van der Waals surface area contributed by atoms with E-state index in [1.807, 2.05) is 0 Å². The minimum absolute atomic E-state index is 0.861. The summed E-state index contributed by atoms with van der Waals surface area (Å²) in [5.74, 6) is 11.6. The highest BCUT2D eigenvalue weighted by Crippen LogP contribution is 2.58. The van der Waals surface area contributed by atoms with Crippen LogP contribution in [0.25, 0.3) is 0 Å². The van der Waals surface area contributed by atoms with Crippen LogP contribution in [0.2, 0.25) is 0 Å². The van der Waals surface area contributed by atoms with Gasteiger partial charge in [0.2, 0.25) is 0 Å². The zero-order valence-electron chi connectivity index (χ0n) is 17.5. The molecule has 0 aromatic carbocycles. The fraction of sp³-hybridized carbons (Fsp3) is 0.917. The molecule has 138 valence electrons. The van der Waals surface area contributed by atoms with Crippen molar-refractivity contribution in [1.29, 1.82) is 0 Å². The summed E-state index contributed by atoms with van der Waals surface area (Å²) in [6.45, 7) is 19.5. The van der Waals surface area contributed by atoms with Crippen molar-refractivity contribution in [2.75, 3.05) is 0 Å². The molecule has 5 aliphatic rings.